The van der Waals surface area contributed by atoms with Crippen molar-refractivity contribution in [3.05, 3.63) is 205 Å². The second kappa shape index (κ2) is 28.0. The quantitative estimate of drug-likeness (QED) is 0.0163. The molecule has 0 spiro atoms. The largest absolute Gasteiger partial charge is 0.408 e. The summed E-state index contributed by atoms with van der Waals surface area (Å²) in [6.45, 7) is 16.8. The van der Waals surface area contributed by atoms with E-state index in [2.05, 4.69) is 146 Å². The maximum atomic E-state index is 13.7. The fraction of sp³-hybridized carbons (Fsp3) is 0.368. The number of nitrogens with zero attached hydrogens (tertiary/aromatic N) is 9. The molecule has 9 atom stereocenters. The number of nitriles is 1. The lowest BCUT2D eigenvalue weighted by molar-refractivity contribution is -0.0465. The Hall–Kier alpha value is -7.65. The molecular formula is C68H80N13O9PSSi2. The molecule has 0 saturated carbocycles. The van der Waals surface area contributed by atoms with Crippen molar-refractivity contribution >= 4 is 80.9 Å². The first-order valence-corrected chi connectivity index (χ1v) is 39.7. The van der Waals surface area contributed by atoms with E-state index in [1.807, 2.05) is 71.3 Å². The summed E-state index contributed by atoms with van der Waals surface area (Å²) >= 11 is 6.69. The molecule has 4 aromatic heterocycles. The molecule has 1 unspecified atom stereocenters. The van der Waals surface area contributed by atoms with E-state index in [9.17, 15) is 20.0 Å². The number of hydrogen-bond donors (Lipinski definition) is 5. The van der Waals surface area contributed by atoms with Crippen LogP contribution in [0.2, 0.25) is 36.3 Å². The van der Waals surface area contributed by atoms with Gasteiger partial charge in [-0.1, -0.05) is 169 Å². The van der Waals surface area contributed by atoms with Gasteiger partial charge in [0, 0.05) is 11.1 Å². The van der Waals surface area contributed by atoms with Crippen molar-refractivity contribution in [1.29, 1.82) is 5.26 Å². The molecular weight excluding hydrogens is 1260 g/mol. The third-order valence-corrected chi connectivity index (χ3v) is 29.9. The van der Waals surface area contributed by atoms with Crippen LogP contribution in [-0.4, -0.2) is 129 Å². The lowest BCUT2D eigenvalue weighted by atomic mass is 9.76. The first-order chi connectivity index (χ1) is 45.0. The SMILES string of the molecule is CC(C)(C)[Si](C)(C)O[C@@H]1[C@H](NC(c2ccccc2)(c2ccccc2)c2ccccc2)[C@@H](COP(=S)(N[C@H]2[C@@H](O[Si](C)(C)C(C)(C)C)[C@H](n3cnc4c(NC(=O)c5ccccc5)ncnc43)O[C@@H]2CO)OCCC#N)O[C@H]1n1cnc2c(NC(=O)c3ccccc3)ncnc21. The molecule has 22 nitrogen and oxygen atoms in total. The lowest BCUT2D eigenvalue weighted by Gasteiger charge is -2.44. The van der Waals surface area contributed by atoms with E-state index in [4.69, 9.17) is 54.1 Å². The number of anilines is 2. The number of carbonyl (C=O) groups is 2. The van der Waals surface area contributed by atoms with Crippen molar-refractivity contribution in [2.75, 3.05) is 30.5 Å². The maximum Gasteiger partial charge on any atom is 0.261 e. The Balaban J connectivity index is 1.03. The summed E-state index contributed by atoms with van der Waals surface area (Å²) < 4.78 is 47.1. The minimum atomic E-state index is -3.89. The number of aliphatic hydroxyl groups excluding tert-OH is 1. The molecule has 26 heteroatoms. The van der Waals surface area contributed by atoms with Crippen LogP contribution in [0.25, 0.3) is 22.3 Å². The van der Waals surface area contributed by atoms with Gasteiger partial charge < -0.3 is 43.1 Å². The van der Waals surface area contributed by atoms with E-state index in [1.54, 1.807) is 65.8 Å². The van der Waals surface area contributed by atoms with Crippen LogP contribution < -0.4 is 21.0 Å². The van der Waals surface area contributed by atoms with Crippen molar-refractivity contribution in [3.63, 3.8) is 0 Å². The van der Waals surface area contributed by atoms with E-state index in [0.29, 0.717) is 33.5 Å². The number of nitrogens with one attached hydrogen (secondary N) is 4. The van der Waals surface area contributed by atoms with E-state index in [1.165, 1.54) is 12.7 Å². The van der Waals surface area contributed by atoms with Gasteiger partial charge in [-0.05, 0) is 89.0 Å². The summed E-state index contributed by atoms with van der Waals surface area (Å²) in [4.78, 5) is 55.3. The summed E-state index contributed by atoms with van der Waals surface area (Å²) in [6, 6.07) is 48.9. The van der Waals surface area contributed by atoms with Gasteiger partial charge in [0.05, 0.1) is 62.6 Å². The molecule has 2 amide bonds. The van der Waals surface area contributed by atoms with Crippen LogP contribution in [0, 0.1) is 11.3 Å². The molecule has 0 radical (unpaired) electrons. The van der Waals surface area contributed by atoms with Crippen LogP contribution in [0.4, 0.5) is 11.6 Å². The van der Waals surface area contributed by atoms with Gasteiger partial charge in [-0.25, -0.2) is 35.0 Å². The van der Waals surface area contributed by atoms with E-state index in [0.717, 1.165) is 16.7 Å². The molecule has 5 N–H and O–H groups in total. The molecule has 5 aromatic carbocycles. The number of imidazole rings is 2. The summed E-state index contributed by atoms with van der Waals surface area (Å²) in [5.74, 6) is -0.376. The number of benzene rings is 5. The second-order valence-corrected chi connectivity index (χ2v) is 39.2. The van der Waals surface area contributed by atoms with Gasteiger partial charge in [-0.3, -0.25) is 24.0 Å². The number of amides is 2. The lowest BCUT2D eigenvalue weighted by Crippen LogP contribution is -2.59. The highest BCUT2D eigenvalue weighted by atomic mass is 32.5. The van der Waals surface area contributed by atoms with E-state index in [-0.39, 0.29) is 53.2 Å². The van der Waals surface area contributed by atoms with Gasteiger partial charge in [0.25, 0.3) is 18.5 Å². The van der Waals surface area contributed by atoms with Crippen LogP contribution >= 0.6 is 6.64 Å². The Bertz CT molecular complexity index is 4090. The second-order valence-electron chi connectivity index (χ2n) is 26.4. The average molecular weight is 1340 g/mol. The third kappa shape index (κ3) is 14.0. The Kier molecular flexibility index (Phi) is 20.2. The number of rotatable bonds is 24. The van der Waals surface area contributed by atoms with Gasteiger partial charge in [-0.15, -0.1) is 0 Å². The summed E-state index contributed by atoms with van der Waals surface area (Å²) in [5, 5.41) is 34.6. The van der Waals surface area contributed by atoms with Gasteiger partial charge in [-0.2, -0.15) is 5.26 Å². The minimum absolute atomic E-state index is 0.0316. The molecule has 0 aliphatic carbocycles. The molecule has 11 rings (SSSR count). The van der Waals surface area contributed by atoms with Crippen molar-refractivity contribution in [2.45, 2.75) is 139 Å². The van der Waals surface area contributed by atoms with Gasteiger partial charge >= 0.3 is 0 Å². The first kappa shape index (κ1) is 67.8. The summed E-state index contributed by atoms with van der Waals surface area (Å²) in [6.07, 6.45) is 0.221. The number of ether oxygens (including phenoxy) is 2. The predicted octanol–water partition coefficient (Wildman–Crippen LogP) is 11.8. The predicted molar refractivity (Wildman–Crippen MR) is 368 cm³/mol. The monoisotopic (exact) mass is 1340 g/mol. The highest BCUT2D eigenvalue weighted by Crippen LogP contribution is 2.52. The van der Waals surface area contributed by atoms with E-state index < -0.39 is 84.4 Å². The molecule has 94 heavy (non-hydrogen) atoms. The Morgan fingerprint density at radius 1 is 0.596 bits per heavy atom. The standard InChI is InChI=1S/C68H80N13O9PSSi2/c1-66(2,3)93(7,8)89-56-52(78-68(47-31-20-13-21-32-47,48-33-22-14-23-34-48)49-35-24-15-25-36-49)51(88-64(56)80-43-74-54-58(70-41-72-60(54)80)76-62(83)45-27-16-11-17-28-45)40-86-91(92,85-38-26-37-69)79-53-50(39-82)87-65(57(53)90-94(9,10)67(4,5)6)81-44-75-55-59(71-42-73-61(55)81)77-63(84)46-29-18-12-19-30-46/h11-25,27-36,41-44,50-53,56-57,64-65,78,82H,26,38-40H2,1-10H3,(H,79,92)(H,70,72,76,83)(H,71,73,77,84)/t50-,51-,52-,53-,56-,57-,64-,65-,91?/m1/s1. The van der Waals surface area contributed by atoms with Crippen molar-refractivity contribution < 1.29 is 42.1 Å². The Morgan fingerprint density at radius 3 is 1.40 bits per heavy atom. The molecule has 6 heterocycles. The highest BCUT2D eigenvalue weighted by Gasteiger charge is 2.56. The smallest absolute Gasteiger partial charge is 0.261 e. The zero-order valence-corrected chi connectivity index (χ0v) is 58.0. The van der Waals surface area contributed by atoms with Gasteiger partial charge in [0.1, 0.15) is 37.1 Å². The van der Waals surface area contributed by atoms with Crippen LogP contribution in [-0.2, 0) is 44.7 Å². The van der Waals surface area contributed by atoms with Crippen LogP contribution in [0.3, 0.4) is 0 Å². The third-order valence-electron chi connectivity index (χ3n) is 18.3. The van der Waals surface area contributed by atoms with Crippen LogP contribution in [0.5, 0.6) is 0 Å². The minimum Gasteiger partial charge on any atom is -0.408 e. The van der Waals surface area contributed by atoms with Gasteiger partial charge in [0.2, 0.25) is 0 Å². The van der Waals surface area contributed by atoms with Crippen molar-refractivity contribution in [2.24, 2.45) is 0 Å². The van der Waals surface area contributed by atoms with Gasteiger partial charge in [0.15, 0.2) is 63.1 Å². The highest BCUT2D eigenvalue weighted by molar-refractivity contribution is 8.09. The number of aliphatic hydroxyl groups is 1. The number of fused-ring (bicyclic) bond motifs is 2. The van der Waals surface area contributed by atoms with Crippen molar-refractivity contribution in [1.82, 2.24) is 49.4 Å². The zero-order valence-electron chi connectivity index (χ0n) is 54.3. The molecule has 9 aromatic rings. The molecule has 2 fully saturated rings. The molecule has 2 aliphatic heterocycles. The Morgan fingerprint density at radius 2 is 1.00 bits per heavy atom. The molecule has 2 saturated heterocycles. The molecule has 2 aliphatic rings. The fourth-order valence-corrected chi connectivity index (χ4v) is 16.3. The number of carbonyl (C=O) groups excluding carboxylic acids is 2. The normalized spacial score (nSPS) is 21.0. The fourth-order valence-electron chi connectivity index (χ4n) is 11.4. The van der Waals surface area contributed by atoms with Crippen molar-refractivity contribution in [3.8, 4) is 6.07 Å². The molecule has 0 bridgehead atoms. The number of hydrogen-bond acceptors (Lipinski definition) is 18. The summed E-state index contributed by atoms with van der Waals surface area (Å²) in [7, 11) is -5.60. The maximum absolute atomic E-state index is 13.7. The number of aromatic nitrogens is 8. The van der Waals surface area contributed by atoms with Crippen LogP contribution in [0.1, 0.15) is 97.8 Å². The Labute approximate surface area is 554 Å². The zero-order chi connectivity index (χ0) is 66.6. The van der Waals surface area contributed by atoms with E-state index >= 15 is 0 Å². The first-order valence-electron chi connectivity index (χ1n) is 31.3. The molecule has 490 valence electrons. The summed E-state index contributed by atoms with van der Waals surface area (Å²) in [5.41, 5.74) is 3.86. The van der Waals surface area contributed by atoms with Crippen LogP contribution in [0.15, 0.2) is 177 Å². The topological polar surface area (TPSA) is 269 Å². The average Bonchev–Trinajstić information content (AvgIpc) is 1.46.